The van der Waals surface area contributed by atoms with Crippen LogP contribution in [0.25, 0.3) is 10.9 Å². The van der Waals surface area contributed by atoms with E-state index in [-0.39, 0.29) is 12.0 Å². The molecule has 0 spiro atoms. The van der Waals surface area contributed by atoms with Crippen LogP contribution in [0.2, 0.25) is 0 Å². The Morgan fingerprint density at radius 2 is 1.91 bits per heavy atom. The van der Waals surface area contributed by atoms with Crippen LogP contribution in [-0.2, 0) is 30.4 Å². The van der Waals surface area contributed by atoms with Crippen molar-refractivity contribution in [2.24, 2.45) is 10.8 Å². The van der Waals surface area contributed by atoms with E-state index in [1.54, 1.807) is 26.1 Å². The lowest BCUT2D eigenvalue weighted by Crippen LogP contribution is -2.55. The van der Waals surface area contributed by atoms with E-state index in [2.05, 4.69) is 16.7 Å². The van der Waals surface area contributed by atoms with Crippen LogP contribution in [0.4, 0.5) is 0 Å². The van der Waals surface area contributed by atoms with Crippen LogP contribution in [0.3, 0.4) is 0 Å². The van der Waals surface area contributed by atoms with Gasteiger partial charge in [0.15, 0.2) is 0 Å². The molecule has 0 aliphatic carbocycles. The maximum absolute atomic E-state index is 13.1. The van der Waals surface area contributed by atoms with E-state index in [9.17, 15) is 13.2 Å². The number of carbonyl (C=O) groups is 1. The lowest BCUT2D eigenvalue weighted by molar-refractivity contribution is -0.162. The number of likely N-dealkylation sites (tertiary alicyclic amines) is 1. The normalized spacial score (nSPS) is 16.8. The van der Waals surface area contributed by atoms with E-state index < -0.39 is 21.7 Å². The summed E-state index contributed by atoms with van der Waals surface area (Å²) in [6.07, 6.45) is 2.34. The third-order valence-corrected chi connectivity index (χ3v) is 7.25. The van der Waals surface area contributed by atoms with Crippen molar-refractivity contribution in [3.05, 3.63) is 35.5 Å². The van der Waals surface area contributed by atoms with Crippen molar-refractivity contribution in [3.8, 4) is 0 Å². The zero-order chi connectivity index (χ0) is 24.6. The summed E-state index contributed by atoms with van der Waals surface area (Å²) in [5, 5.41) is 0.890. The van der Waals surface area contributed by atoms with Crippen LogP contribution in [0.1, 0.15) is 31.9 Å². The van der Waals surface area contributed by atoms with Gasteiger partial charge in [0.2, 0.25) is 0 Å². The second kappa shape index (κ2) is 9.37. The molecule has 9 heteroatoms. The van der Waals surface area contributed by atoms with Gasteiger partial charge in [-0.15, -0.1) is 0 Å². The van der Waals surface area contributed by atoms with Gasteiger partial charge in [0.1, 0.15) is 0 Å². The van der Waals surface area contributed by atoms with Gasteiger partial charge in [-0.1, -0.05) is 18.6 Å². The summed E-state index contributed by atoms with van der Waals surface area (Å²) < 4.78 is 38.4. The molecule has 1 aliphatic rings. The molecule has 0 atom stereocenters. The van der Waals surface area contributed by atoms with Crippen LogP contribution in [0, 0.1) is 17.8 Å². The minimum atomic E-state index is -4.14. The molecule has 33 heavy (non-hydrogen) atoms. The highest BCUT2D eigenvalue weighted by Gasteiger charge is 2.40. The maximum atomic E-state index is 13.1. The fraction of sp³-hybridized carbons (Fsp3) is 0.625. The van der Waals surface area contributed by atoms with E-state index in [4.69, 9.17) is 8.92 Å². The third kappa shape index (κ3) is 5.95. The highest BCUT2D eigenvalue weighted by atomic mass is 32.2. The van der Waals surface area contributed by atoms with Crippen molar-refractivity contribution in [2.45, 2.75) is 34.1 Å². The number of aromatic nitrogens is 1. The van der Waals surface area contributed by atoms with Gasteiger partial charge in [-0.25, -0.2) is 3.97 Å². The zero-order valence-electron chi connectivity index (χ0n) is 20.8. The second-order valence-corrected chi connectivity index (χ2v) is 12.2. The Morgan fingerprint density at radius 1 is 1.24 bits per heavy atom. The molecule has 0 unspecified atom stereocenters. The predicted octanol–water partition coefficient (Wildman–Crippen LogP) is 2.68. The van der Waals surface area contributed by atoms with Crippen molar-refractivity contribution in [3.63, 3.8) is 0 Å². The summed E-state index contributed by atoms with van der Waals surface area (Å²) >= 11 is 0. The molecule has 2 aromatic rings. The number of fused-ring (bicyclic) bond motifs is 1. The van der Waals surface area contributed by atoms with Gasteiger partial charge in [0, 0.05) is 36.6 Å². The molecule has 0 radical (unpaired) electrons. The highest BCUT2D eigenvalue weighted by molar-refractivity contribution is 7.85. The van der Waals surface area contributed by atoms with Crippen LogP contribution in [-0.4, -0.2) is 82.2 Å². The van der Waals surface area contributed by atoms with Gasteiger partial charge in [-0.05, 0) is 66.0 Å². The van der Waals surface area contributed by atoms with Gasteiger partial charge in [0.25, 0.3) is 0 Å². The summed E-state index contributed by atoms with van der Waals surface area (Å²) in [5.74, 6) is -0.465. The van der Waals surface area contributed by atoms with E-state index in [1.165, 1.54) is 3.97 Å². The molecule has 184 valence electrons. The molecule has 0 saturated carbocycles. The Hall–Kier alpha value is -1.94. The Labute approximate surface area is 197 Å². The first-order valence-electron chi connectivity index (χ1n) is 11.2. The van der Waals surface area contributed by atoms with Crippen LogP contribution >= 0.6 is 0 Å². The van der Waals surface area contributed by atoms with Gasteiger partial charge >= 0.3 is 16.3 Å². The Bertz CT molecular complexity index is 1110. The molecule has 1 aromatic heterocycles. The topological polar surface area (TPSA) is 81.1 Å². The first-order chi connectivity index (χ1) is 15.2. The number of hydrogen-bond donors (Lipinski definition) is 0. The minimum Gasteiger partial charge on any atom is -0.465 e. The van der Waals surface area contributed by atoms with Gasteiger partial charge in [-0.2, -0.15) is 8.42 Å². The fourth-order valence-electron chi connectivity index (χ4n) is 4.23. The molecule has 1 aromatic carbocycles. The molecular weight excluding hydrogens is 442 g/mol. The number of esters is 1. The second-order valence-electron chi connectivity index (χ2n) is 10.7. The van der Waals surface area contributed by atoms with Crippen molar-refractivity contribution >= 4 is 27.2 Å². The standard InChI is InChI=1S/C24H37N3O5S/c1-18-8-9-21-20(12-18)19(10-11-25(5)6)13-27(21)33(29,30)32-16-23(2,3)22(28)31-17-24(4)14-26(7)15-24/h8-9,12-13H,10-11,14-17H2,1-7H3. The van der Waals surface area contributed by atoms with Crippen molar-refractivity contribution in [1.82, 2.24) is 13.8 Å². The quantitative estimate of drug-likeness (QED) is 0.485. The van der Waals surface area contributed by atoms with E-state index >= 15 is 0 Å². The largest absolute Gasteiger partial charge is 0.465 e. The van der Waals surface area contributed by atoms with E-state index in [0.717, 1.165) is 36.1 Å². The lowest BCUT2D eigenvalue weighted by Gasteiger charge is -2.45. The summed E-state index contributed by atoms with van der Waals surface area (Å²) in [6.45, 7) is 9.85. The lowest BCUT2D eigenvalue weighted by atomic mass is 9.83. The van der Waals surface area contributed by atoms with Crippen LogP contribution < -0.4 is 0 Å². The fourth-order valence-corrected chi connectivity index (χ4v) is 5.44. The van der Waals surface area contributed by atoms with Gasteiger partial charge in [-0.3, -0.25) is 8.98 Å². The molecule has 0 bridgehead atoms. The summed E-state index contributed by atoms with van der Waals surface area (Å²) in [6, 6.07) is 5.66. The van der Waals surface area contributed by atoms with E-state index in [1.807, 2.05) is 40.2 Å². The smallest absolute Gasteiger partial charge is 0.366 e. The number of rotatable bonds is 10. The molecule has 8 nitrogen and oxygen atoms in total. The molecule has 0 N–H and O–H groups in total. The van der Waals surface area contributed by atoms with Crippen LogP contribution in [0.5, 0.6) is 0 Å². The third-order valence-electron chi connectivity index (χ3n) is 6.05. The predicted molar refractivity (Wildman–Crippen MR) is 130 cm³/mol. The van der Waals surface area contributed by atoms with Crippen molar-refractivity contribution < 1.29 is 22.1 Å². The molecule has 0 amide bonds. The average molecular weight is 480 g/mol. The number of nitrogens with zero attached hydrogens (tertiary/aromatic N) is 3. The van der Waals surface area contributed by atoms with Crippen molar-refractivity contribution in [2.75, 3.05) is 54.0 Å². The summed E-state index contributed by atoms with van der Waals surface area (Å²) in [4.78, 5) is 16.9. The Balaban J connectivity index is 1.73. The number of carbonyl (C=O) groups excluding carboxylic acids is 1. The first-order valence-corrected chi connectivity index (χ1v) is 12.6. The average Bonchev–Trinajstić information content (AvgIpc) is 3.06. The minimum absolute atomic E-state index is 0.0570. The molecule has 1 saturated heterocycles. The summed E-state index contributed by atoms with van der Waals surface area (Å²) in [7, 11) is 1.84. The number of ether oxygens (including phenoxy) is 1. The Kier molecular flexibility index (Phi) is 7.29. The maximum Gasteiger partial charge on any atom is 0.366 e. The zero-order valence-corrected chi connectivity index (χ0v) is 21.7. The van der Waals surface area contributed by atoms with Gasteiger partial charge in [0.05, 0.1) is 24.1 Å². The number of hydrogen-bond acceptors (Lipinski definition) is 7. The highest BCUT2D eigenvalue weighted by Crippen LogP contribution is 2.30. The molecule has 2 heterocycles. The molecule has 1 aliphatic heterocycles. The molecular formula is C24H37N3O5S. The van der Waals surface area contributed by atoms with E-state index in [0.29, 0.717) is 18.5 Å². The van der Waals surface area contributed by atoms with Gasteiger partial charge < -0.3 is 14.5 Å². The van der Waals surface area contributed by atoms with Crippen molar-refractivity contribution in [1.29, 1.82) is 0 Å². The summed E-state index contributed by atoms with van der Waals surface area (Å²) in [5.41, 5.74) is 1.40. The first kappa shape index (κ1) is 25.7. The molecule has 1 fully saturated rings. The number of aryl methyl sites for hydroxylation is 1. The number of benzene rings is 1. The monoisotopic (exact) mass is 479 g/mol. The molecule has 3 rings (SSSR count). The number of likely N-dealkylation sites (N-methyl/N-ethyl adjacent to an activating group) is 1. The SMILES string of the molecule is Cc1ccc2c(c1)c(CCN(C)C)cn2S(=O)(=O)OCC(C)(C)C(=O)OCC1(C)CN(C)C1. The Morgan fingerprint density at radius 3 is 2.52 bits per heavy atom. The van der Waals surface area contributed by atoms with Crippen LogP contribution in [0.15, 0.2) is 24.4 Å².